The monoisotopic (exact) mass is 272 g/mol. The Hall–Kier alpha value is -1.61. The van der Waals surface area contributed by atoms with Gasteiger partial charge in [-0.2, -0.15) is 0 Å². The third kappa shape index (κ3) is 2.94. The van der Waals surface area contributed by atoms with Gasteiger partial charge in [-0.25, -0.2) is 14.9 Å². The molecule has 0 aliphatic carbocycles. The number of hydrogen-bond donors (Lipinski definition) is 2. The van der Waals surface area contributed by atoms with Crippen molar-refractivity contribution in [1.29, 1.82) is 0 Å². The summed E-state index contributed by atoms with van der Waals surface area (Å²) in [5.41, 5.74) is 2.05. The summed E-state index contributed by atoms with van der Waals surface area (Å²) in [6, 6.07) is 0. The minimum atomic E-state index is -0.953. The fourth-order valence-corrected chi connectivity index (χ4v) is 2.37. The van der Waals surface area contributed by atoms with Crippen LogP contribution in [0, 0.1) is 0 Å². The zero-order chi connectivity index (χ0) is 12.3. The minimum absolute atomic E-state index is 0.138. The maximum absolute atomic E-state index is 11.5. The van der Waals surface area contributed by atoms with Crippen molar-refractivity contribution in [3.8, 4) is 0 Å². The van der Waals surface area contributed by atoms with E-state index < -0.39 is 5.97 Å². The van der Waals surface area contributed by atoms with Crippen molar-refractivity contribution < 1.29 is 9.90 Å². The van der Waals surface area contributed by atoms with Crippen molar-refractivity contribution in [3.63, 3.8) is 0 Å². The van der Waals surface area contributed by atoms with Gasteiger partial charge in [0.05, 0.1) is 23.5 Å². The number of carbonyl (C=O) groups is 1. The van der Waals surface area contributed by atoms with E-state index in [4.69, 9.17) is 5.11 Å². The molecule has 9 heteroatoms. The molecule has 7 nitrogen and oxygen atoms in total. The number of H-pyrrole nitrogens is 1. The third-order valence-electron chi connectivity index (χ3n) is 1.85. The average Bonchev–Trinajstić information content (AvgIpc) is 2.89. The van der Waals surface area contributed by atoms with E-state index in [1.54, 1.807) is 5.51 Å². The van der Waals surface area contributed by atoms with Gasteiger partial charge in [-0.05, 0) is 0 Å². The van der Waals surface area contributed by atoms with Crippen molar-refractivity contribution in [1.82, 2.24) is 19.7 Å². The zero-order valence-corrected chi connectivity index (χ0v) is 10.1. The fraction of sp³-hybridized carbons (Fsp3) is 0.250. The van der Waals surface area contributed by atoms with Crippen LogP contribution in [0.3, 0.4) is 0 Å². The van der Waals surface area contributed by atoms with Crippen LogP contribution in [0.2, 0.25) is 0 Å². The van der Waals surface area contributed by atoms with Crippen LogP contribution < -0.4 is 5.69 Å². The molecule has 2 N–H and O–H groups in total. The smallest absolute Gasteiger partial charge is 0.344 e. The van der Waals surface area contributed by atoms with Crippen molar-refractivity contribution in [2.45, 2.75) is 11.7 Å². The molecule has 0 atom stereocenters. The van der Waals surface area contributed by atoms with Crippen LogP contribution in [0.4, 0.5) is 0 Å². The highest BCUT2D eigenvalue weighted by Gasteiger charge is 2.11. The van der Waals surface area contributed by atoms with Crippen LogP contribution in [0.5, 0.6) is 0 Å². The maximum Gasteiger partial charge on any atom is 0.344 e. The Balaban J connectivity index is 2.17. The van der Waals surface area contributed by atoms with Crippen LogP contribution in [-0.2, 0) is 11.3 Å². The number of nitrogens with zero attached hydrogens (tertiary/aromatic N) is 3. The molecule has 0 spiro atoms. The molecule has 0 aliphatic heterocycles. The number of carboxylic acid groups (broad SMARTS) is 1. The van der Waals surface area contributed by atoms with E-state index in [-0.39, 0.29) is 11.4 Å². The second kappa shape index (κ2) is 5.15. The molecule has 0 aliphatic rings. The number of carboxylic acids is 1. The topological polar surface area (TPSA) is 101 Å². The average molecular weight is 272 g/mol. The first-order valence-electron chi connectivity index (χ1n) is 4.53. The summed E-state index contributed by atoms with van der Waals surface area (Å²) in [6.45, 7) is 0.292. The Morgan fingerprint density at radius 2 is 2.47 bits per heavy atom. The number of rotatable bonds is 5. The summed E-state index contributed by atoms with van der Waals surface area (Å²) in [5.74, 6) is -1.09. The lowest BCUT2D eigenvalue weighted by Crippen LogP contribution is -2.18. The Morgan fingerprint density at radius 1 is 1.65 bits per heavy atom. The number of aromatic amines is 1. The Labute approximate surface area is 104 Å². The highest BCUT2D eigenvalue weighted by molar-refractivity contribution is 7.99. The molecule has 2 aromatic heterocycles. The Bertz CT molecular complexity index is 560. The molecule has 0 radical (unpaired) electrons. The van der Waals surface area contributed by atoms with Crippen LogP contribution >= 0.6 is 23.1 Å². The van der Waals surface area contributed by atoms with Gasteiger partial charge in [0.25, 0.3) is 0 Å². The molecule has 90 valence electrons. The van der Waals surface area contributed by atoms with Crippen molar-refractivity contribution in [2.24, 2.45) is 0 Å². The molecular weight excluding hydrogens is 264 g/mol. The number of nitrogens with one attached hydrogen (secondary N) is 1. The largest absolute Gasteiger partial charge is 0.481 e. The van der Waals surface area contributed by atoms with E-state index in [0.29, 0.717) is 11.7 Å². The van der Waals surface area contributed by atoms with Crippen LogP contribution in [0.15, 0.2) is 20.8 Å². The fourth-order valence-electron chi connectivity index (χ4n) is 1.16. The molecule has 0 saturated carbocycles. The normalized spacial score (nSPS) is 10.6. The SMILES string of the molecule is O=C(O)CSc1n[nH]c(=O)n1Cc1cscn1. The summed E-state index contributed by atoms with van der Waals surface area (Å²) in [4.78, 5) is 26.0. The van der Waals surface area contributed by atoms with E-state index in [1.807, 2.05) is 5.38 Å². The number of thiazole rings is 1. The van der Waals surface area contributed by atoms with E-state index in [1.165, 1.54) is 15.9 Å². The molecule has 0 saturated heterocycles. The van der Waals surface area contributed by atoms with Gasteiger partial charge >= 0.3 is 11.7 Å². The third-order valence-corrected chi connectivity index (χ3v) is 3.45. The summed E-state index contributed by atoms with van der Waals surface area (Å²) < 4.78 is 1.36. The van der Waals surface area contributed by atoms with Gasteiger partial charge in [-0.15, -0.1) is 16.4 Å². The van der Waals surface area contributed by atoms with E-state index in [2.05, 4.69) is 15.2 Å². The Morgan fingerprint density at radius 3 is 3.12 bits per heavy atom. The Kier molecular flexibility index (Phi) is 3.59. The molecule has 17 heavy (non-hydrogen) atoms. The molecule has 2 aromatic rings. The van der Waals surface area contributed by atoms with Crippen LogP contribution in [0.1, 0.15) is 5.69 Å². The van der Waals surface area contributed by atoms with Crippen LogP contribution in [-0.4, -0.2) is 36.6 Å². The number of thioether (sulfide) groups is 1. The number of hydrogen-bond acceptors (Lipinski definition) is 6. The van der Waals surface area contributed by atoms with Gasteiger partial charge in [0.1, 0.15) is 0 Å². The maximum atomic E-state index is 11.5. The molecular formula is C8H8N4O3S2. The molecule has 0 fully saturated rings. The van der Waals surface area contributed by atoms with E-state index in [9.17, 15) is 9.59 Å². The first kappa shape index (κ1) is 11.9. The lowest BCUT2D eigenvalue weighted by Gasteiger charge is -2.01. The van der Waals surface area contributed by atoms with Gasteiger partial charge in [0, 0.05) is 5.38 Å². The first-order chi connectivity index (χ1) is 8.16. The zero-order valence-electron chi connectivity index (χ0n) is 8.49. The lowest BCUT2D eigenvalue weighted by molar-refractivity contribution is -0.133. The standard InChI is InChI=1S/C8H8N4O3S2/c13-6(14)3-17-8-11-10-7(15)12(8)1-5-2-16-4-9-5/h2,4H,1,3H2,(H,10,15)(H,13,14). The molecule has 0 amide bonds. The quantitative estimate of drug-likeness (QED) is 0.757. The summed E-state index contributed by atoms with van der Waals surface area (Å²) in [5, 5.41) is 16.8. The molecule has 2 rings (SSSR count). The molecule has 0 bridgehead atoms. The van der Waals surface area contributed by atoms with Crippen molar-refractivity contribution in [3.05, 3.63) is 27.1 Å². The van der Waals surface area contributed by atoms with E-state index in [0.717, 1.165) is 17.5 Å². The number of aliphatic carboxylic acids is 1. The first-order valence-corrected chi connectivity index (χ1v) is 6.46. The molecule has 2 heterocycles. The van der Waals surface area contributed by atoms with Crippen molar-refractivity contribution >= 4 is 29.1 Å². The summed E-state index contributed by atoms with van der Waals surface area (Å²) in [7, 11) is 0. The molecule has 0 unspecified atom stereocenters. The lowest BCUT2D eigenvalue weighted by atomic mass is 10.5. The summed E-state index contributed by atoms with van der Waals surface area (Å²) in [6.07, 6.45) is 0. The van der Waals surface area contributed by atoms with Crippen LogP contribution in [0.25, 0.3) is 0 Å². The second-order valence-electron chi connectivity index (χ2n) is 3.06. The summed E-state index contributed by atoms with van der Waals surface area (Å²) >= 11 is 2.43. The van der Waals surface area contributed by atoms with Gasteiger partial charge in [0.15, 0.2) is 5.16 Å². The van der Waals surface area contributed by atoms with E-state index >= 15 is 0 Å². The second-order valence-corrected chi connectivity index (χ2v) is 4.72. The van der Waals surface area contributed by atoms with Gasteiger partial charge < -0.3 is 5.11 Å². The highest BCUT2D eigenvalue weighted by atomic mass is 32.2. The predicted molar refractivity (Wildman–Crippen MR) is 62.4 cm³/mol. The number of aromatic nitrogens is 4. The predicted octanol–water partition coefficient (Wildman–Crippen LogP) is 0.253. The molecule has 0 aromatic carbocycles. The van der Waals surface area contributed by atoms with Gasteiger partial charge in [0.2, 0.25) is 0 Å². The van der Waals surface area contributed by atoms with Gasteiger partial charge in [-0.3, -0.25) is 9.36 Å². The minimum Gasteiger partial charge on any atom is -0.481 e. The highest BCUT2D eigenvalue weighted by Crippen LogP contribution is 2.14. The van der Waals surface area contributed by atoms with Crippen molar-refractivity contribution in [2.75, 3.05) is 5.75 Å². The van der Waals surface area contributed by atoms with Gasteiger partial charge in [-0.1, -0.05) is 11.8 Å².